The van der Waals surface area contributed by atoms with Gasteiger partial charge in [0.1, 0.15) is 6.61 Å². The van der Waals surface area contributed by atoms with E-state index in [0.717, 1.165) is 22.4 Å². The molecule has 0 saturated heterocycles. The monoisotopic (exact) mass is 407 g/mol. The molecule has 3 aromatic rings. The molecule has 1 N–H and O–H groups in total. The first-order chi connectivity index (χ1) is 14.0. The lowest BCUT2D eigenvalue weighted by molar-refractivity contribution is -0.136. The number of hydrogen-bond acceptors (Lipinski definition) is 4. The predicted octanol–water partition coefficient (Wildman–Crippen LogP) is 5.68. The highest BCUT2D eigenvalue weighted by Gasteiger charge is 2.10. The predicted molar refractivity (Wildman–Crippen MR) is 118 cm³/mol. The molecule has 0 radical (unpaired) electrons. The summed E-state index contributed by atoms with van der Waals surface area (Å²) in [6, 6.07) is 18.1. The Morgan fingerprint density at radius 1 is 1.03 bits per heavy atom. The summed E-state index contributed by atoms with van der Waals surface area (Å²) in [5, 5.41) is 8.78. The number of benzene rings is 2. The summed E-state index contributed by atoms with van der Waals surface area (Å²) in [5.41, 5.74) is 6.50. The van der Waals surface area contributed by atoms with E-state index in [1.807, 2.05) is 42.5 Å². The van der Waals surface area contributed by atoms with Crippen molar-refractivity contribution in [2.75, 3.05) is 6.26 Å². The summed E-state index contributed by atoms with van der Waals surface area (Å²) in [4.78, 5) is 16.6. The van der Waals surface area contributed by atoms with Crippen LogP contribution < -0.4 is 4.74 Å². The number of carboxylic acid groups (broad SMARTS) is 1. The number of thioether (sulfide) groups is 1. The molecule has 0 bridgehead atoms. The van der Waals surface area contributed by atoms with Crippen LogP contribution in [0.1, 0.15) is 28.7 Å². The number of carbonyl (C=O) groups is 1. The third kappa shape index (κ3) is 5.61. The van der Waals surface area contributed by atoms with Gasteiger partial charge in [-0.1, -0.05) is 30.3 Å². The minimum atomic E-state index is -0.781. The van der Waals surface area contributed by atoms with Crippen LogP contribution in [-0.4, -0.2) is 22.3 Å². The van der Waals surface area contributed by atoms with Gasteiger partial charge in [-0.3, -0.25) is 4.79 Å². The van der Waals surface area contributed by atoms with E-state index in [-0.39, 0.29) is 6.42 Å². The number of aliphatic carboxylic acids is 1. The zero-order valence-corrected chi connectivity index (χ0v) is 17.8. The van der Waals surface area contributed by atoms with E-state index in [2.05, 4.69) is 32.2 Å². The summed E-state index contributed by atoms with van der Waals surface area (Å²) in [6.45, 7) is 4.64. The second kappa shape index (κ2) is 9.61. The lowest BCUT2D eigenvalue weighted by Crippen LogP contribution is -2.00. The summed E-state index contributed by atoms with van der Waals surface area (Å²) < 4.78 is 5.91. The standard InChI is InChI=1S/C24H25NO3S/c1-16-13-20(29-3)14-17(2)24(16)21-5-4-6-22(25-21)28-15-19-9-7-18(8-10-19)11-12-23(26)27/h4-10,13-14H,11-12,15H2,1-3H3,(H,26,27). The summed E-state index contributed by atoms with van der Waals surface area (Å²) >= 11 is 1.74. The molecule has 0 fully saturated rings. The highest BCUT2D eigenvalue weighted by atomic mass is 32.2. The number of carboxylic acids is 1. The highest BCUT2D eigenvalue weighted by molar-refractivity contribution is 7.98. The molecule has 5 heteroatoms. The van der Waals surface area contributed by atoms with Crippen molar-refractivity contribution in [3.8, 4) is 17.1 Å². The topological polar surface area (TPSA) is 59.4 Å². The van der Waals surface area contributed by atoms with Crippen molar-refractivity contribution in [3.63, 3.8) is 0 Å². The summed E-state index contributed by atoms with van der Waals surface area (Å²) in [7, 11) is 0. The zero-order valence-electron chi connectivity index (χ0n) is 16.9. The smallest absolute Gasteiger partial charge is 0.303 e. The number of hydrogen-bond donors (Lipinski definition) is 1. The quantitative estimate of drug-likeness (QED) is 0.487. The number of rotatable bonds is 8. The minimum absolute atomic E-state index is 0.142. The molecule has 0 aliphatic rings. The zero-order chi connectivity index (χ0) is 20.8. The molecule has 0 atom stereocenters. The second-order valence-electron chi connectivity index (χ2n) is 7.00. The fraction of sp³-hybridized carbons (Fsp3) is 0.250. The minimum Gasteiger partial charge on any atom is -0.481 e. The van der Waals surface area contributed by atoms with Crippen LogP contribution in [0.5, 0.6) is 5.88 Å². The van der Waals surface area contributed by atoms with Gasteiger partial charge in [0.25, 0.3) is 0 Å². The third-order valence-corrected chi connectivity index (χ3v) is 5.47. The molecule has 0 amide bonds. The maximum absolute atomic E-state index is 10.7. The van der Waals surface area contributed by atoms with Crippen LogP contribution in [0.15, 0.2) is 59.5 Å². The lowest BCUT2D eigenvalue weighted by Gasteiger charge is -2.13. The van der Waals surface area contributed by atoms with Crippen LogP contribution in [0, 0.1) is 13.8 Å². The fourth-order valence-electron chi connectivity index (χ4n) is 3.29. The molecule has 150 valence electrons. The van der Waals surface area contributed by atoms with Crippen molar-refractivity contribution in [2.24, 2.45) is 0 Å². The lowest BCUT2D eigenvalue weighted by atomic mass is 9.99. The van der Waals surface area contributed by atoms with Crippen LogP contribution in [0.4, 0.5) is 0 Å². The van der Waals surface area contributed by atoms with Gasteiger partial charge >= 0.3 is 5.97 Å². The number of pyridine rings is 1. The first kappa shape index (κ1) is 20.9. The average molecular weight is 408 g/mol. The van der Waals surface area contributed by atoms with E-state index in [4.69, 9.17) is 14.8 Å². The number of nitrogens with zero attached hydrogens (tertiary/aromatic N) is 1. The van der Waals surface area contributed by atoms with Crippen molar-refractivity contribution in [2.45, 2.75) is 38.2 Å². The first-order valence-electron chi connectivity index (χ1n) is 9.51. The molecule has 0 spiro atoms. The van der Waals surface area contributed by atoms with Gasteiger partial charge in [0.05, 0.1) is 5.69 Å². The Balaban J connectivity index is 1.70. The molecule has 0 unspecified atom stereocenters. The van der Waals surface area contributed by atoms with E-state index in [1.165, 1.54) is 16.0 Å². The van der Waals surface area contributed by atoms with Gasteiger partial charge in [-0.2, -0.15) is 0 Å². The van der Waals surface area contributed by atoms with Crippen molar-refractivity contribution in [3.05, 3.63) is 76.9 Å². The molecule has 3 rings (SSSR count). The molecular formula is C24H25NO3S. The highest BCUT2D eigenvalue weighted by Crippen LogP contribution is 2.31. The van der Waals surface area contributed by atoms with Crippen LogP contribution in [0.25, 0.3) is 11.3 Å². The molecular weight excluding hydrogens is 382 g/mol. The normalized spacial score (nSPS) is 10.7. The van der Waals surface area contributed by atoms with Gasteiger partial charge in [-0.05, 0) is 67.0 Å². The Hall–Kier alpha value is -2.79. The largest absolute Gasteiger partial charge is 0.481 e. The molecule has 1 heterocycles. The molecule has 4 nitrogen and oxygen atoms in total. The van der Waals surface area contributed by atoms with Gasteiger partial charge in [0.2, 0.25) is 5.88 Å². The van der Waals surface area contributed by atoms with Gasteiger partial charge in [-0.25, -0.2) is 4.98 Å². The van der Waals surface area contributed by atoms with E-state index in [1.54, 1.807) is 11.8 Å². The van der Waals surface area contributed by atoms with Gasteiger partial charge in [0, 0.05) is 22.9 Å². The SMILES string of the molecule is CSc1cc(C)c(-c2cccc(OCc3ccc(CCC(=O)O)cc3)n2)c(C)c1. The first-order valence-corrected chi connectivity index (χ1v) is 10.7. The third-order valence-electron chi connectivity index (χ3n) is 4.76. The van der Waals surface area contributed by atoms with Crippen molar-refractivity contribution >= 4 is 17.7 Å². The number of aryl methyl sites for hydroxylation is 3. The van der Waals surface area contributed by atoms with E-state index in [0.29, 0.717) is 18.9 Å². The Morgan fingerprint density at radius 2 is 1.69 bits per heavy atom. The van der Waals surface area contributed by atoms with Crippen LogP contribution in [0.3, 0.4) is 0 Å². The summed E-state index contributed by atoms with van der Waals surface area (Å²) in [5.74, 6) is -0.192. The Labute approximate surface area is 176 Å². The Morgan fingerprint density at radius 3 is 2.31 bits per heavy atom. The van der Waals surface area contributed by atoms with Crippen molar-refractivity contribution in [1.29, 1.82) is 0 Å². The molecule has 0 saturated carbocycles. The van der Waals surface area contributed by atoms with E-state index >= 15 is 0 Å². The van der Waals surface area contributed by atoms with Crippen LogP contribution in [-0.2, 0) is 17.8 Å². The van der Waals surface area contributed by atoms with Gasteiger partial charge in [-0.15, -0.1) is 11.8 Å². The maximum atomic E-state index is 10.7. The number of ether oxygens (including phenoxy) is 1. The molecule has 2 aromatic carbocycles. The molecule has 0 aliphatic heterocycles. The fourth-order valence-corrected chi connectivity index (χ4v) is 3.88. The van der Waals surface area contributed by atoms with E-state index < -0.39 is 5.97 Å². The number of aromatic nitrogens is 1. The van der Waals surface area contributed by atoms with Gasteiger partial charge in [0.15, 0.2) is 0 Å². The molecule has 0 aliphatic carbocycles. The second-order valence-corrected chi connectivity index (χ2v) is 7.88. The maximum Gasteiger partial charge on any atom is 0.303 e. The van der Waals surface area contributed by atoms with Gasteiger partial charge < -0.3 is 9.84 Å². The van der Waals surface area contributed by atoms with Crippen LogP contribution in [0.2, 0.25) is 0 Å². The average Bonchev–Trinajstić information content (AvgIpc) is 2.71. The molecule has 29 heavy (non-hydrogen) atoms. The van der Waals surface area contributed by atoms with Crippen molar-refractivity contribution < 1.29 is 14.6 Å². The van der Waals surface area contributed by atoms with Crippen LogP contribution >= 0.6 is 11.8 Å². The Bertz CT molecular complexity index is 976. The summed E-state index contributed by atoms with van der Waals surface area (Å²) in [6.07, 6.45) is 2.76. The van der Waals surface area contributed by atoms with Crippen molar-refractivity contribution in [1.82, 2.24) is 4.98 Å². The molecule has 1 aromatic heterocycles. The Kier molecular flexibility index (Phi) is 6.94. The van der Waals surface area contributed by atoms with E-state index in [9.17, 15) is 4.79 Å².